The van der Waals surface area contributed by atoms with E-state index in [4.69, 9.17) is 0 Å². The van der Waals surface area contributed by atoms with Crippen molar-refractivity contribution >= 4 is 11.6 Å². The highest BCUT2D eigenvalue weighted by molar-refractivity contribution is 5.44. The van der Waals surface area contributed by atoms with Gasteiger partial charge in [-0.1, -0.05) is 0 Å². The van der Waals surface area contributed by atoms with Crippen LogP contribution in [0.3, 0.4) is 0 Å². The maximum absolute atomic E-state index is 4.35. The molecule has 0 N–H and O–H groups in total. The number of anilines is 2. The van der Waals surface area contributed by atoms with Gasteiger partial charge in [-0.25, -0.2) is 9.67 Å². The van der Waals surface area contributed by atoms with Crippen molar-refractivity contribution in [2.75, 3.05) is 36.0 Å². The fraction of sp³-hybridized carbons (Fsp3) is 0.312. The van der Waals surface area contributed by atoms with Crippen LogP contribution in [0, 0.1) is 6.92 Å². The van der Waals surface area contributed by atoms with E-state index in [1.165, 1.54) is 0 Å². The largest absolute Gasteiger partial charge is 0.352 e. The molecule has 0 amide bonds. The lowest BCUT2D eigenvalue weighted by molar-refractivity contribution is 0.635. The molecule has 1 saturated heterocycles. The van der Waals surface area contributed by atoms with Gasteiger partial charge in [0.05, 0.1) is 11.9 Å². The molecular formula is C16H18N8. The van der Waals surface area contributed by atoms with Crippen molar-refractivity contribution in [3.05, 3.63) is 48.7 Å². The molecule has 8 heteroatoms. The van der Waals surface area contributed by atoms with Crippen LogP contribution in [-0.4, -0.2) is 56.1 Å². The summed E-state index contributed by atoms with van der Waals surface area (Å²) in [5.74, 6) is 2.54. The second-order valence-electron chi connectivity index (χ2n) is 5.69. The molecule has 1 fully saturated rings. The van der Waals surface area contributed by atoms with Crippen molar-refractivity contribution in [3.63, 3.8) is 0 Å². The summed E-state index contributed by atoms with van der Waals surface area (Å²) in [6, 6.07) is 5.89. The Morgan fingerprint density at radius 3 is 2.12 bits per heavy atom. The molecule has 0 atom stereocenters. The van der Waals surface area contributed by atoms with E-state index in [1.54, 1.807) is 23.3 Å². The van der Waals surface area contributed by atoms with Gasteiger partial charge in [0.15, 0.2) is 11.6 Å². The van der Waals surface area contributed by atoms with Crippen LogP contribution >= 0.6 is 0 Å². The minimum Gasteiger partial charge on any atom is -0.352 e. The van der Waals surface area contributed by atoms with Crippen molar-refractivity contribution < 1.29 is 0 Å². The summed E-state index contributed by atoms with van der Waals surface area (Å²) in [6.45, 7) is 5.49. The van der Waals surface area contributed by atoms with Crippen LogP contribution in [0.4, 0.5) is 11.6 Å². The molecule has 3 aromatic rings. The summed E-state index contributed by atoms with van der Waals surface area (Å²) in [4.78, 5) is 13.0. The van der Waals surface area contributed by atoms with Crippen LogP contribution in [0.25, 0.3) is 5.82 Å². The molecule has 4 rings (SSSR count). The van der Waals surface area contributed by atoms with Crippen LogP contribution in [-0.2, 0) is 0 Å². The molecule has 0 aromatic carbocycles. The zero-order valence-electron chi connectivity index (χ0n) is 13.4. The van der Waals surface area contributed by atoms with Crippen molar-refractivity contribution in [1.82, 2.24) is 29.9 Å². The molecule has 1 aliphatic rings. The quantitative estimate of drug-likeness (QED) is 0.714. The van der Waals surface area contributed by atoms with Gasteiger partial charge in [0.2, 0.25) is 0 Å². The first kappa shape index (κ1) is 14.6. The summed E-state index contributed by atoms with van der Waals surface area (Å²) < 4.78 is 1.73. The minimum absolute atomic E-state index is 0.727. The minimum atomic E-state index is 0.727. The molecule has 4 heterocycles. The van der Waals surface area contributed by atoms with E-state index in [0.717, 1.165) is 49.3 Å². The Labute approximate surface area is 139 Å². The average molecular weight is 322 g/mol. The maximum atomic E-state index is 4.35. The van der Waals surface area contributed by atoms with Gasteiger partial charge in [-0.2, -0.15) is 5.10 Å². The second kappa shape index (κ2) is 6.23. The summed E-state index contributed by atoms with van der Waals surface area (Å²) in [6.07, 6.45) is 7.11. The fourth-order valence-electron chi connectivity index (χ4n) is 2.77. The topological polar surface area (TPSA) is 75.9 Å². The normalized spacial score (nSPS) is 14.9. The van der Waals surface area contributed by atoms with Gasteiger partial charge < -0.3 is 9.80 Å². The predicted molar refractivity (Wildman–Crippen MR) is 90.3 cm³/mol. The lowest BCUT2D eigenvalue weighted by atomic mass is 10.3. The second-order valence-corrected chi connectivity index (χ2v) is 5.69. The van der Waals surface area contributed by atoms with Crippen LogP contribution in [0.2, 0.25) is 0 Å². The van der Waals surface area contributed by atoms with Gasteiger partial charge in [-0.05, 0) is 25.1 Å². The molecular weight excluding hydrogens is 304 g/mol. The Hall–Kier alpha value is -3.03. The third kappa shape index (κ3) is 2.90. The first-order valence-corrected chi connectivity index (χ1v) is 7.92. The molecule has 0 bridgehead atoms. The molecule has 0 saturated carbocycles. The first-order valence-electron chi connectivity index (χ1n) is 7.92. The molecule has 0 spiro atoms. The van der Waals surface area contributed by atoms with E-state index in [0.29, 0.717) is 0 Å². The van der Waals surface area contributed by atoms with Crippen LogP contribution < -0.4 is 9.80 Å². The number of piperazine rings is 1. The third-order valence-corrected chi connectivity index (χ3v) is 4.07. The molecule has 1 aliphatic heterocycles. The summed E-state index contributed by atoms with van der Waals surface area (Å²) in [5, 5.41) is 13.0. The third-order valence-electron chi connectivity index (χ3n) is 4.07. The van der Waals surface area contributed by atoms with Crippen molar-refractivity contribution in [3.8, 4) is 5.82 Å². The molecule has 122 valence electrons. The number of rotatable bonds is 3. The SMILES string of the molecule is Cc1ccn(-c2ccc(N3CCN(c4cnccn4)CC3)nn2)n1. The molecule has 3 aromatic heterocycles. The van der Waals surface area contributed by atoms with E-state index in [1.807, 2.05) is 31.3 Å². The van der Waals surface area contributed by atoms with Gasteiger partial charge in [-0.3, -0.25) is 4.98 Å². The number of aromatic nitrogens is 6. The number of hydrogen-bond donors (Lipinski definition) is 0. The highest BCUT2D eigenvalue weighted by atomic mass is 15.4. The Morgan fingerprint density at radius 2 is 1.54 bits per heavy atom. The van der Waals surface area contributed by atoms with Crippen LogP contribution in [0.1, 0.15) is 5.69 Å². The Bertz CT molecular complexity index is 790. The van der Waals surface area contributed by atoms with Crippen molar-refractivity contribution in [2.24, 2.45) is 0 Å². The standard InChI is InChI=1S/C16H18N8/c1-13-4-7-24(21-13)15-3-2-14(19-20-15)22-8-10-23(11-9-22)16-12-17-5-6-18-16/h2-7,12H,8-11H2,1H3. The summed E-state index contributed by atoms with van der Waals surface area (Å²) in [7, 11) is 0. The van der Waals surface area contributed by atoms with E-state index < -0.39 is 0 Å². The lowest BCUT2D eigenvalue weighted by Crippen LogP contribution is -2.47. The lowest BCUT2D eigenvalue weighted by Gasteiger charge is -2.35. The Morgan fingerprint density at radius 1 is 0.833 bits per heavy atom. The monoisotopic (exact) mass is 322 g/mol. The molecule has 8 nitrogen and oxygen atoms in total. The van der Waals surface area contributed by atoms with Crippen molar-refractivity contribution in [1.29, 1.82) is 0 Å². The van der Waals surface area contributed by atoms with Gasteiger partial charge in [0.1, 0.15) is 5.82 Å². The summed E-state index contributed by atoms with van der Waals surface area (Å²) in [5.41, 5.74) is 0.959. The van der Waals surface area contributed by atoms with Gasteiger partial charge in [0, 0.05) is 44.8 Å². The average Bonchev–Trinajstić information content (AvgIpc) is 3.09. The molecule has 0 radical (unpaired) electrons. The zero-order valence-corrected chi connectivity index (χ0v) is 13.4. The maximum Gasteiger partial charge on any atom is 0.175 e. The Kier molecular flexibility index (Phi) is 3.78. The van der Waals surface area contributed by atoms with Gasteiger partial charge >= 0.3 is 0 Å². The highest BCUT2D eigenvalue weighted by Crippen LogP contribution is 2.17. The van der Waals surface area contributed by atoms with E-state index >= 15 is 0 Å². The van der Waals surface area contributed by atoms with Crippen molar-refractivity contribution in [2.45, 2.75) is 6.92 Å². The molecule has 24 heavy (non-hydrogen) atoms. The summed E-state index contributed by atoms with van der Waals surface area (Å²) >= 11 is 0. The van der Waals surface area contributed by atoms with E-state index in [-0.39, 0.29) is 0 Å². The highest BCUT2D eigenvalue weighted by Gasteiger charge is 2.19. The van der Waals surface area contributed by atoms with Gasteiger partial charge in [0.25, 0.3) is 0 Å². The Balaban J connectivity index is 1.42. The van der Waals surface area contributed by atoms with E-state index in [2.05, 4.69) is 35.1 Å². The molecule has 0 unspecified atom stereocenters. The molecule has 0 aliphatic carbocycles. The first-order chi connectivity index (χ1) is 11.8. The smallest absolute Gasteiger partial charge is 0.175 e. The van der Waals surface area contributed by atoms with E-state index in [9.17, 15) is 0 Å². The van der Waals surface area contributed by atoms with Gasteiger partial charge in [-0.15, -0.1) is 10.2 Å². The zero-order chi connectivity index (χ0) is 16.4. The number of hydrogen-bond acceptors (Lipinski definition) is 7. The fourth-order valence-corrected chi connectivity index (χ4v) is 2.77. The number of aryl methyl sites for hydroxylation is 1. The number of nitrogens with zero attached hydrogens (tertiary/aromatic N) is 8. The predicted octanol–water partition coefficient (Wildman–Crippen LogP) is 1.09. The van der Waals surface area contributed by atoms with Crippen LogP contribution in [0.5, 0.6) is 0 Å². The van der Waals surface area contributed by atoms with Crippen LogP contribution in [0.15, 0.2) is 43.0 Å².